The molecule has 96 valence electrons. The predicted octanol–water partition coefficient (Wildman–Crippen LogP) is 1.71. The summed E-state index contributed by atoms with van der Waals surface area (Å²) >= 11 is 0. The van der Waals surface area contributed by atoms with Gasteiger partial charge in [-0.05, 0) is 38.8 Å². The molecule has 0 atom stereocenters. The van der Waals surface area contributed by atoms with Crippen LogP contribution in [0.4, 0.5) is 0 Å². The van der Waals surface area contributed by atoms with Crippen molar-refractivity contribution in [1.29, 1.82) is 0 Å². The van der Waals surface area contributed by atoms with Gasteiger partial charge in [0.05, 0.1) is 11.3 Å². The van der Waals surface area contributed by atoms with E-state index in [2.05, 4.69) is 4.98 Å². The molecule has 0 aromatic carbocycles. The molecule has 0 radical (unpaired) electrons. The Morgan fingerprint density at radius 1 is 1.44 bits per heavy atom. The van der Waals surface area contributed by atoms with Crippen molar-refractivity contribution in [2.75, 3.05) is 6.54 Å². The van der Waals surface area contributed by atoms with E-state index in [0.717, 1.165) is 12.8 Å². The third-order valence-electron chi connectivity index (χ3n) is 3.12. The summed E-state index contributed by atoms with van der Waals surface area (Å²) in [6, 6.07) is 3.27. The highest BCUT2D eigenvalue weighted by Gasteiger charge is 2.32. The lowest BCUT2D eigenvalue weighted by Crippen LogP contribution is -2.33. The molecule has 1 aliphatic rings. The second kappa shape index (κ2) is 4.76. The molecule has 1 amide bonds. The fraction of sp³-hybridized carbons (Fsp3) is 0.462. The third-order valence-corrected chi connectivity index (χ3v) is 3.12. The van der Waals surface area contributed by atoms with E-state index in [1.165, 1.54) is 12.1 Å². The number of nitrogens with zero attached hydrogens (tertiary/aromatic N) is 2. The van der Waals surface area contributed by atoms with Crippen molar-refractivity contribution < 1.29 is 14.7 Å². The van der Waals surface area contributed by atoms with Crippen molar-refractivity contribution in [2.45, 2.75) is 32.7 Å². The molecule has 1 heterocycles. The number of carbonyl (C=O) groups excluding carboxylic acids is 1. The maximum atomic E-state index is 12.2. The lowest BCUT2D eigenvalue weighted by molar-refractivity contribution is 0.0691. The van der Waals surface area contributed by atoms with Gasteiger partial charge < -0.3 is 10.0 Å². The van der Waals surface area contributed by atoms with E-state index in [0.29, 0.717) is 24.0 Å². The first kappa shape index (κ1) is 12.5. The van der Waals surface area contributed by atoms with Gasteiger partial charge in [0, 0.05) is 12.6 Å². The molecule has 1 N–H and O–H groups in total. The molecule has 18 heavy (non-hydrogen) atoms. The molecule has 0 spiro atoms. The lowest BCUT2D eigenvalue weighted by atomic mass is 10.2. The molecule has 1 aromatic rings. The monoisotopic (exact) mass is 248 g/mol. The van der Waals surface area contributed by atoms with E-state index in [9.17, 15) is 9.59 Å². The average molecular weight is 248 g/mol. The summed E-state index contributed by atoms with van der Waals surface area (Å²) in [5.74, 6) is -1.13. The van der Waals surface area contributed by atoms with Crippen LogP contribution in [0.25, 0.3) is 0 Å². The van der Waals surface area contributed by atoms with Crippen LogP contribution in [-0.4, -0.2) is 39.5 Å². The molecular formula is C13H16N2O3. The highest BCUT2D eigenvalue weighted by atomic mass is 16.4. The maximum absolute atomic E-state index is 12.2. The summed E-state index contributed by atoms with van der Waals surface area (Å²) in [6.45, 7) is 4.20. The minimum atomic E-state index is -1.02. The highest BCUT2D eigenvalue weighted by Crippen LogP contribution is 2.27. The molecule has 5 nitrogen and oxygen atoms in total. The van der Waals surface area contributed by atoms with Crippen molar-refractivity contribution >= 4 is 11.9 Å². The molecule has 0 bridgehead atoms. The number of amides is 1. The topological polar surface area (TPSA) is 70.5 Å². The molecule has 1 fully saturated rings. The van der Waals surface area contributed by atoms with Gasteiger partial charge in [0.25, 0.3) is 5.91 Å². The van der Waals surface area contributed by atoms with Crippen molar-refractivity contribution in [2.24, 2.45) is 0 Å². The fourth-order valence-corrected chi connectivity index (χ4v) is 2.01. The van der Waals surface area contributed by atoms with Crippen molar-refractivity contribution in [3.63, 3.8) is 0 Å². The van der Waals surface area contributed by atoms with Crippen LogP contribution in [0.3, 0.4) is 0 Å². The zero-order valence-electron chi connectivity index (χ0n) is 10.5. The molecule has 0 saturated heterocycles. The SMILES string of the molecule is CCN(C(=O)c1ccc(C(=O)O)c(C)n1)C1CC1. The van der Waals surface area contributed by atoms with E-state index in [1.54, 1.807) is 11.8 Å². The first-order valence-corrected chi connectivity index (χ1v) is 6.06. The van der Waals surface area contributed by atoms with Crippen LogP contribution in [-0.2, 0) is 0 Å². The number of aromatic nitrogens is 1. The van der Waals surface area contributed by atoms with Gasteiger partial charge >= 0.3 is 5.97 Å². The minimum Gasteiger partial charge on any atom is -0.478 e. The number of carboxylic acids is 1. The van der Waals surface area contributed by atoms with E-state index in [1.807, 2.05) is 6.92 Å². The first-order chi connectivity index (χ1) is 8.54. The Bertz CT molecular complexity index is 495. The normalized spacial score (nSPS) is 14.3. The number of rotatable bonds is 4. The number of hydrogen-bond acceptors (Lipinski definition) is 3. The standard InChI is InChI=1S/C13H16N2O3/c1-3-15(9-4-5-9)12(16)11-7-6-10(13(17)18)8(2)14-11/h6-7,9H,3-5H2,1-2H3,(H,17,18). The molecule has 1 aromatic heterocycles. The largest absolute Gasteiger partial charge is 0.478 e. The van der Waals surface area contributed by atoms with Crippen LogP contribution in [0.2, 0.25) is 0 Å². The van der Waals surface area contributed by atoms with Crippen LogP contribution < -0.4 is 0 Å². The smallest absolute Gasteiger partial charge is 0.337 e. The maximum Gasteiger partial charge on any atom is 0.337 e. The number of hydrogen-bond donors (Lipinski definition) is 1. The first-order valence-electron chi connectivity index (χ1n) is 6.06. The zero-order chi connectivity index (χ0) is 13.3. The number of carboxylic acid groups (broad SMARTS) is 1. The quantitative estimate of drug-likeness (QED) is 0.880. The van der Waals surface area contributed by atoms with Gasteiger partial charge in [0.15, 0.2) is 0 Å². The van der Waals surface area contributed by atoms with E-state index < -0.39 is 5.97 Å². The Morgan fingerprint density at radius 2 is 2.11 bits per heavy atom. The summed E-state index contributed by atoms with van der Waals surface area (Å²) < 4.78 is 0. The molecule has 5 heteroatoms. The van der Waals surface area contributed by atoms with Crippen molar-refractivity contribution in [3.8, 4) is 0 Å². The van der Waals surface area contributed by atoms with Crippen molar-refractivity contribution in [3.05, 3.63) is 29.1 Å². The Kier molecular flexibility index (Phi) is 3.32. The van der Waals surface area contributed by atoms with E-state index in [4.69, 9.17) is 5.11 Å². The second-order valence-corrected chi connectivity index (χ2v) is 4.46. The summed E-state index contributed by atoms with van der Waals surface area (Å²) in [6.07, 6.45) is 2.09. The molecular weight excluding hydrogens is 232 g/mol. The fourth-order valence-electron chi connectivity index (χ4n) is 2.01. The average Bonchev–Trinajstić information content (AvgIpc) is 3.13. The summed E-state index contributed by atoms with van der Waals surface area (Å²) in [5.41, 5.74) is 0.840. The van der Waals surface area contributed by atoms with Gasteiger partial charge in [-0.1, -0.05) is 0 Å². The van der Waals surface area contributed by atoms with Crippen LogP contribution in [0.1, 0.15) is 46.3 Å². The highest BCUT2D eigenvalue weighted by molar-refractivity contribution is 5.94. The van der Waals surface area contributed by atoms with Crippen molar-refractivity contribution in [1.82, 2.24) is 9.88 Å². The predicted molar refractivity (Wildman–Crippen MR) is 65.7 cm³/mol. The van der Waals surface area contributed by atoms with Crippen LogP contribution in [0, 0.1) is 6.92 Å². The lowest BCUT2D eigenvalue weighted by Gasteiger charge is -2.20. The zero-order valence-corrected chi connectivity index (χ0v) is 10.5. The number of carbonyl (C=O) groups is 2. The Balaban J connectivity index is 2.25. The Morgan fingerprint density at radius 3 is 2.56 bits per heavy atom. The van der Waals surface area contributed by atoms with Gasteiger partial charge in [-0.2, -0.15) is 0 Å². The summed E-state index contributed by atoms with van der Waals surface area (Å²) in [7, 11) is 0. The summed E-state index contributed by atoms with van der Waals surface area (Å²) in [4.78, 5) is 29.0. The van der Waals surface area contributed by atoms with Gasteiger partial charge in [0.2, 0.25) is 0 Å². The second-order valence-electron chi connectivity index (χ2n) is 4.46. The minimum absolute atomic E-state index is 0.111. The Labute approximate surface area is 105 Å². The Hall–Kier alpha value is -1.91. The van der Waals surface area contributed by atoms with Crippen LogP contribution in [0.15, 0.2) is 12.1 Å². The van der Waals surface area contributed by atoms with Gasteiger partial charge in [-0.25, -0.2) is 9.78 Å². The molecule has 0 unspecified atom stereocenters. The van der Waals surface area contributed by atoms with Gasteiger partial charge in [0.1, 0.15) is 5.69 Å². The third kappa shape index (κ3) is 2.34. The molecule has 0 aliphatic heterocycles. The molecule has 1 saturated carbocycles. The van der Waals surface area contributed by atoms with Crippen LogP contribution in [0.5, 0.6) is 0 Å². The van der Waals surface area contributed by atoms with Gasteiger partial charge in [-0.3, -0.25) is 4.79 Å². The molecule has 1 aliphatic carbocycles. The van der Waals surface area contributed by atoms with E-state index in [-0.39, 0.29) is 11.5 Å². The molecule has 2 rings (SSSR count). The number of aryl methyl sites for hydroxylation is 1. The van der Waals surface area contributed by atoms with Gasteiger partial charge in [-0.15, -0.1) is 0 Å². The van der Waals surface area contributed by atoms with Crippen LogP contribution >= 0.6 is 0 Å². The van der Waals surface area contributed by atoms with E-state index >= 15 is 0 Å². The summed E-state index contributed by atoms with van der Waals surface area (Å²) in [5, 5.41) is 8.91. The number of aromatic carboxylic acids is 1. The number of pyridine rings is 1.